The first-order chi connectivity index (χ1) is 13.3. The molecule has 7 nitrogen and oxygen atoms in total. The predicted molar refractivity (Wildman–Crippen MR) is 106 cm³/mol. The fourth-order valence-corrected chi connectivity index (χ4v) is 2.83. The number of amides is 1. The van der Waals surface area contributed by atoms with Crippen molar-refractivity contribution >= 4 is 17.9 Å². The van der Waals surface area contributed by atoms with Crippen molar-refractivity contribution in [2.24, 2.45) is 5.92 Å². The highest BCUT2D eigenvalue weighted by atomic mass is 16.6. The number of hydrogen-bond donors (Lipinski definition) is 1. The standard InChI is InChI=1S/C21H24N2O5/c1-4-15-5-7-16(8-6-15)21(14(2)3)22-20(25)13-28-19-10-9-18(23(26)27)11-17(19)12-24/h5-12,14,21H,4,13H2,1-3H3,(H,22,25)/t21-/m1/s1. The zero-order valence-electron chi connectivity index (χ0n) is 16.2. The lowest BCUT2D eigenvalue weighted by Crippen LogP contribution is -2.35. The fourth-order valence-electron chi connectivity index (χ4n) is 2.83. The molecular weight excluding hydrogens is 360 g/mol. The molecule has 2 rings (SSSR count). The summed E-state index contributed by atoms with van der Waals surface area (Å²) in [6.45, 7) is 5.81. The Labute approximate surface area is 163 Å². The zero-order chi connectivity index (χ0) is 20.7. The molecule has 1 amide bonds. The summed E-state index contributed by atoms with van der Waals surface area (Å²) in [6.07, 6.45) is 1.41. The van der Waals surface area contributed by atoms with Crippen LogP contribution in [0.3, 0.4) is 0 Å². The first-order valence-electron chi connectivity index (χ1n) is 9.10. The highest BCUT2D eigenvalue weighted by molar-refractivity contribution is 5.82. The van der Waals surface area contributed by atoms with Crippen LogP contribution in [0.1, 0.15) is 48.3 Å². The molecule has 1 atom stereocenters. The second-order valence-corrected chi connectivity index (χ2v) is 6.77. The Hall–Kier alpha value is -3.22. The van der Waals surface area contributed by atoms with Gasteiger partial charge in [-0.05, 0) is 29.5 Å². The molecule has 0 aromatic heterocycles. The molecule has 28 heavy (non-hydrogen) atoms. The van der Waals surface area contributed by atoms with Crippen molar-refractivity contribution in [2.45, 2.75) is 33.2 Å². The summed E-state index contributed by atoms with van der Waals surface area (Å²) in [5, 5.41) is 13.7. The number of benzene rings is 2. The van der Waals surface area contributed by atoms with Crippen molar-refractivity contribution in [3.05, 3.63) is 69.3 Å². The number of nitro benzene ring substituents is 1. The van der Waals surface area contributed by atoms with Crippen LogP contribution >= 0.6 is 0 Å². The quantitative estimate of drug-likeness (QED) is 0.402. The van der Waals surface area contributed by atoms with Crippen LogP contribution in [0.15, 0.2) is 42.5 Å². The number of nitrogens with one attached hydrogen (secondary N) is 1. The Morgan fingerprint density at radius 2 is 1.89 bits per heavy atom. The molecule has 0 spiro atoms. The summed E-state index contributed by atoms with van der Waals surface area (Å²) in [5.74, 6) is -0.0426. The molecule has 0 saturated heterocycles. The first-order valence-corrected chi connectivity index (χ1v) is 9.10. The number of carbonyl (C=O) groups is 2. The number of non-ortho nitro benzene ring substituents is 1. The van der Waals surface area contributed by atoms with Gasteiger partial charge in [0.1, 0.15) is 5.75 Å². The molecule has 0 fully saturated rings. The van der Waals surface area contributed by atoms with Crippen molar-refractivity contribution < 1.29 is 19.2 Å². The molecule has 148 valence electrons. The minimum absolute atomic E-state index is 0.0255. The second-order valence-electron chi connectivity index (χ2n) is 6.77. The van der Waals surface area contributed by atoms with Crippen LogP contribution in [0.4, 0.5) is 5.69 Å². The molecule has 0 saturated carbocycles. The summed E-state index contributed by atoms with van der Waals surface area (Å²) in [4.78, 5) is 33.7. The highest BCUT2D eigenvalue weighted by Gasteiger charge is 2.19. The lowest BCUT2D eigenvalue weighted by molar-refractivity contribution is -0.384. The maximum Gasteiger partial charge on any atom is 0.270 e. The molecular formula is C21H24N2O5. The maximum atomic E-state index is 12.4. The number of nitro groups is 1. The van der Waals surface area contributed by atoms with E-state index in [2.05, 4.69) is 12.2 Å². The van der Waals surface area contributed by atoms with Crippen molar-refractivity contribution in [3.63, 3.8) is 0 Å². The average molecular weight is 384 g/mol. The first kappa shape index (κ1) is 21.1. The van der Waals surface area contributed by atoms with Crippen molar-refractivity contribution in [1.29, 1.82) is 0 Å². The van der Waals surface area contributed by atoms with Gasteiger partial charge in [-0.1, -0.05) is 45.0 Å². The van der Waals surface area contributed by atoms with Crippen LogP contribution in [-0.2, 0) is 11.2 Å². The number of rotatable bonds is 9. The lowest BCUT2D eigenvalue weighted by atomic mass is 9.95. The SMILES string of the molecule is CCc1ccc([C@H](NC(=O)COc2ccc([N+](=O)[O-])cc2C=O)C(C)C)cc1. The van der Waals surface area contributed by atoms with E-state index < -0.39 is 4.92 Å². The molecule has 0 bridgehead atoms. The summed E-state index contributed by atoms with van der Waals surface area (Å²) >= 11 is 0. The largest absolute Gasteiger partial charge is 0.483 e. The van der Waals surface area contributed by atoms with Crippen LogP contribution < -0.4 is 10.1 Å². The van der Waals surface area contributed by atoms with Crippen molar-refractivity contribution in [2.75, 3.05) is 6.61 Å². The van der Waals surface area contributed by atoms with Crippen molar-refractivity contribution in [1.82, 2.24) is 5.32 Å². The lowest BCUT2D eigenvalue weighted by Gasteiger charge is -2.23. The normalized spacial score (nSPS) is 11.7. The fraction of sp³-hybridized carbons (Fsp3) is 0.333. The number of ether oxygens (including phenoxy) is 1. The van der Waals surface area contributed by atoms with E-state index in [1.54, 1.807) is 0 Å². The molecule has 0 aliphatic heterocycles. The third-order valence-electron chi connectivity index (χ3n) is 4.42. The van der Waals surface area contributed by atoms with Crippen LogP contribution in [0.5, 0.6) is 5.75 Å². The van der Waals surface area contributed by atoms with Gasteiger partial charge in [0, 0.05) is 12.1 Å². The third-order valence-corrected chi connectivity index (χ3v) is 4.42. The molecule has 2 aromatic rings. The van der Waals surface area contributed by atoms with Gasteiger partial charge < -0.3 is 10.1 Å². The minimum atomic E-state index is -0.597. The number of aryl methyl sites for hydroxylation is 1. The van der Waals surface area contributed by atoms with E-state index in [0.717, 1.165) is 18.1 Å². The van der Waals surface area contributed by atoms with Crippen LogP contribution in [0.25, 0.3) is 0 Å². The van der Waals surface area contributed by atoms with Crippen molar-refractivity contribution in [3.8, 4) is 5.75 Å². The van der Waals surface area contributed by atoms with Gasteiger partial charge >= 0.3 is 0 Å². The monoisotopic (exact) mass is 384 g/mol. The van der Waals surface area contributed by atoms with Gasteiger partial charge in [0.25, 0.3) is 11.6 Å². The van der Waals surface area contributed by atoms with Crippen LogP contribution in [0.2, 0.25) is 0 Å². The molecule has 0 radical (unpaired) electrons. The number of nitrogens with zero attached hydrogens (tertiary/aromatic N) is 1. The summed E-state index contributed by atoms with van der Waals surface area (Å²) < 4.78 is 5.41. The molecule has 1 N–H and O–H groups in total. The Morgan fingerprint density at radius 3 is 2.43 bits per heavy atom. The number of aldehydes is 1. The topological polar surface area (TPSA) is 98.5 Å². The Morgan fingerprint density at radius 1 is 1.21 bits per heavy atom. The number of carbonyl (C=O) groups excluding carboxylic acids is 2. The molecule has 0 heterocycles. The molecule has 0 aliphatic carbocycles. The van der Waals surface area contributed by atoms with Gasteiger partial charge in [-0.3, -0.25) is 19.7 Å². The van der Waals surface area contributed by atoms with E-state index in [1.807, 2.05) is 38.1 Å². The number of hydrogen-bond acceptors (Lipinski definition) is 5. The zero-order valence-corrected chi connectivity index (χ0v) is 16.2. The van der Waals surface area contributed by atoms with E-state index in [4.69, 9.17) is 4.74 Å². The Balaban J connectivity index is 2.05. The Kier molecular flexibility index (Phi) is 7.26. The van der Waals surface area contributed by atoms with Gasteiger partial charge in [0.15, 0.2) is 12.9 Å². The van der Waals surface area contributed by atoms with E-state index in [0.29, 0.717) is 6.29 Å². The van der Waals surface area contributed by atoms with Gasteiger partial charge in [-0.25, -0.2) is 0 Å². The second kappa shape index (κ2) is 9.64. The summed E-state index contributed by atoms with van der Waals surface area (Å²) in [7, 11) is 0. The average Bonchev–Trinajstić information content (AvgIpc) is 2.70. The predicted octanol–water partition coefficient (Wildman–Crippen LogP) is 3.86. The molecule has 0 aliphatic rings. The van der Waals surface area contributed by atoms with E-state index in [9.17, 15) is 19.7 Å². The van der Waals surface area contributed by atoms with Crippen LogP contribution in [0, 0.1) is 16.0 Å². The highest BCUT2D eigenvalue weighted by Crippen LogP contribution is 2.24. The Bertz CT molecular complexity index is 846. The van der Waals surface area contributed by atoms with E-state index in [1.165, 1.54) is 17.7 Å². The third kappa shape index (κ3) is 5.39. The maximum absolute atomic E-state index is 12.4. The molecule has 7 heteroatoms. The molecule has 2 aromatic carbocycles. The van der Waals surface area contributed by atoms with E-state index in [-0.39, 0.29) is 41.5 Å². The molecule has 0 unspecified atom stereocenters. The van der Waals surface area contributed by atoms with Gasteiger partial charge in [-0.15, -0.1) is 0 Å². The summed E-state index contributed by atoms with van der Waals surface area (Å²) in [5.41, 5.74) is 2.04. The minimum Gasteiger partial charge on any atom is -0.483 e. The summed E-state index contributed by atoms with van der Waals surface area (Å²) in [6, 6.07) is 11.6. The smallest absolute Gasteiger partial charge is 0.270 e. The van der Waals surface area contributed by atoms with E-state index >= 15 is 0 Å². The van der Waals surface area contributed by atoms with Crippen LogP contribution in [-0.4, -0.2) is 23.7 Å². The van der Waals surface area contributed by atoms with Gasteiger partial charge in [0.2, 0.25) is 0 Å². The van der Waals surface area contributed by atoms with Gasteiger partial charge in [0.05, 0.1) is 16.5 Å². The van der Waals surface area contributed by atoms with Gasteiger partial charge in [-0.2, -0.15) is 0 Å².